The first-order valence-corrected chi connectivity index (χ1v) is 13.4. The van der Waals surface area contributed by atoms with Crippen LogP contribution in [0.5, 0.6) is 5.75 Å². The number of aldehydes is 1. The Balaban J connectivity index is 1.74. The summed E-state index contributed by atoms with van der Waals surface area (Å²) in [5, 5.41) is 4.80. The summed E-state index contributed by atoms with van der Waals surface area (Å²) < 4.78 is 10.8. The van der Waals surface area contributed by atoms with Crippen LogP contribution in [-0.4, -0.2) is 71.6 Å². The number of benzene rings is 3. The number of ketones is 1. The van der Waals surface area contributed by atoms with Crippen LogP contribution in [0.15, 0.2) is 72.8 Å². The number of nitrogens with one attached hydrogen (secondary N) is 2. The van der Waals surface area contributed by atoms with Gasteiger partial charge in [-0.3, -0.25) is 28.9 Å². The van der Waals surface area contributed by atoms with Crippen molar-refractivity contribution in [2.45, 2.75) is 25.7 Å². The number of nitrogens with zero attached hydrogens (tertiary/aromatic N) is 2. The highest BCUT2D eigenvalue weighted by atomic mass is 35.5. The van der Waals surface area contributed by atoms with Crippen LogP contribution in [0.1, 0.15) is 22.8 Å². The van der Waals surface area contributed by atoms with E-state index in [0.29, 0.717) is 16.2 Å². The molecule has 222 valence electrons. The van der Waals surface area contributed by atoms with Gasteiger partial charge in [0.05, 0.1) is 24.4 Å². The van der Waals surface area contributed by atoms with Crippen LogP contribution in [0.4, 0.5) is 16.2 Å². The van der Waals surface area contributed by atoms with Crippen molar-refractivity contribution in [1.82, 2.24) is 9.80 Å². The zero-order valence-electron chi connectivity index (χ0n) is 23.1. The van der Waals surface area contributed by atoms with Gasteiger partial charge in [-0.15, -0.1) is 0 Å². The van der Waals surface area contributed by atoms with Crippen molar-refractivity contribution in [1.29, 1.82) is 0 Å². The normalized spacial score (nSPS) is 15.2. The molecule has 1 heterocycles. The van der Waals surface area contributed by atoms with Crippen LogP contribution in [0.25, 0.3) is 0 Å². The minimum atomic E-state index is -1.97. The van der Waals surface area contributed by atoms with Crippen LogP contribution in [0, 0.1) is 0 Å². The van der Waals surface area contributed by atoms with E-state index >= 15 is 0 Å². The van der Waals surface area contributed by atoms with E-state index in [1.807, 2.05) is 0 Å². The Morgan fingerprint density at radius 2 is 1.70 bits per heavy atom. The fraction of sp³-hybridized carbons (Fsp3) is 0.200. The number of hydrogen-bond acceptors (Lipinski definition) is 8. The van der Waals surface area contributed by atoms with E-state index < -0.39 is 41.8 Å². The van der Waals surface area contributed by atoms with E-state index in [1.54, 1.807) is 37.3 Å². The Hall–Kier alpha value is -5.07. The maximum Gasteiger partial charge on any atom is 0.330 e. The van der Waals surface area contributed by atoms with Crippen molar-refractivity contribution >= 4 is 58.8 Å². The standard InChI is InChI=1S/C30H27ClN4O8/c1-3-43-29-28(40)35(30(41)34(29)16-18-7-5-4-6-8-18)25(26(38)19-9-12-21(42-2)13-10-19)27(39)33-23-15-20(11-14-22(23)31)32-24(37)17-36/h4-15,17,25,29H,3,16H2,1-2H3,(H,32,37)(H,33,39). The Morgan fingerprint density at radius 1 is 1.00 bits per heavy atom. The van der Waals surface area contributed by atoms with Gasteiger partial charge in [-0.05, 0) is 55.0 Å². The van der Waals surface area contributed by atoms with Gasteiger partial charge in [-0.1, -0.05) is 41.9 Å². The van der Waals surface area contributed by atoms with Crippen molar-refractivity contribution in [3.05, 3.63) is 88.9 Å². The van der Waals surface area contributed by atoms with Gasteiger partial charge in [0.15, 0.2) is 11.8 Å². The molecule has 3 aromatic carbocycles. The van der Waals surface area contributed by atoms with Crippen LogP contribution < -0.4 is 15.4 Å². The molecule has 1 saturated heterocycles. The lowest BCUT2D eigenvalue weighted by atomic mass is 10.0. The summed E-state index contributed by atoms with van der Waals surface area (Å²) in [5.41, 5.74) is 0.783. The van der Waals surface area contributed by atoms with Crippen LogP contribution >= 0.6 is 11.6 Å². The van der Waals surface area contributed by atoms with Gasteiger partial charge < -0.3 is 20.1 Å². The Kier molecular flexibility index (Phi) is 9.86. The maximum absolute atomic E-state index is 13.9. The number of hydrogen-bond donors (Lipinski definition) is 2. The van der Waals surface area contributed by atoms with Crippen molar-refractivity contribution in [2.24, 2.45) is 0 Å². The first-order valence-electron chi connectivity index (χ1n) is 13.0. The summed E-state index contributed by atoms with van der Waals surface area (Å²) in [4.78, 5) is 79.3. The maximum atomic E-state index is 13.9. The van der Waals surface area contributed by atoms with Crippen molar-refractivity contribution < 1.29 is 38.2 Å². The van der Waals surface area contributed by atoms with Gasteiger partial charge in [0.25, 0.3) is 17.7 Å². The van der Waals surface area contributed by atoms with Gasteiger partial charge >= 0.3 is 6.03 Å². The molecule has 0 saturated carbocycles. The number of carbonyl (C=O) groups excluding carboxylic acids is 6. The van der Waals surface area contributed by atoms with E-state index in [1.165, 1.54) is 49.6 Å². The fourth-order valence-corrected chi connectivity index (χ4v) is 4.58. The van der Waals surface area contributed by atoms with Crippen LogP contribution in [0.3, 0.4) is 0 Å². The van der Waals surface area contributed by atoms with Crippen molar-refractivity contribution in [2.75, 3.05) is 24.4 Å². The minimum absolute atomic E-state index is 0.0186. The number of halogens is 1. The highest BCUT2D eigenvalue weighted by molar-refractivity contribution is 6.34. The van der Waals surface area contributed by atoms with Gasteiger partial charge in [0.2, 0.25) is 12.5 Å². The number of methoxy groups -OCH3 is 1. The third-order valence-corrected chi connectivity index (χ3v) is 6.76. The zero-order chi connectivity index (χ0) is 31.1. The van der Waals surface area contributed by atoms with E-state index in [4.69, 9.17) is 21.1 Å². The Bertz CT molecular complexity index is 1550. The number of ether oxygens (including phenoxy) is 2. The molecule has 12 nitrogen and oxygen atoms in total. The third kappa shape index (κ3) is 6.88. The lowest BCUT2D eigenvalue weighted by molar-refractivity contribution is -0.144. The predicted octanol–water partition coefficient (Wildman–Crippen LogP) is 3.50. The zero-order valence-corrected chi connectivity index (χ0v) is 23.9. The molecule has 3 aromatic rings. The van der Waals surface area contributed by atoms with Gasteiger partial charge in [0.1, 0.15) is 5.75 Å². The molecule has 43 heavy (non-hydrogen) atoms. The molecule has 2 atom stereocenters. The van der Waals surface area contributed by atoms with E-state index in [-0.39, 0.29) is 41.4 Å². The minimum Gasteiger partial charge on any atom is -0.497 e. The fourth-order valence-electron chi connectivity index (χ4n) is 4.41. The molecule has 0 spiro atoms. The average Bonchev–Trinajstić information content (AvgIpc) is 3.23. The van der Waals surface area contributed by atoms with Crippen molar-refractivity contribution in [3.8, 4) is 5.75 Å². The second-order valence-electron chi connectivity index (χ2n) is 9.20. The number of imide groups is 1. The van der Waals surface area contributed by atoms with Crippen LogP contribution in [0.2, 0.25) is 5.02 Å². The molecule has 1 fully saturated rings. The first kappa shape index (κ1) is 30.9. The highest BCUT2D eigenvalue weighted by Gasteiger charge is 2.53. The Morgan fingerprint density at radius 3 is 2.33 bits per heavy atom. The second-order valence-corrected chi connectivity index (χ2v) is 9.61. The molecule has 1 aliphatic rings. The third-order valence-electron chi connectivity index (χ3n) is 6.43. The molecular weight excluding hydrogens is 580 g/mol. The molecule has 5 amide bonds. The molecule has 1 aliphatic heterocycles. The monoisotopic (exact) mass is 606 g/mol. The summed E-state index contributed by atoms with van der Waals surface area (Å²) in [6.07, 6.45) is -1.32. The lowest BCUT2D eigenvalue weighted by Crippen LogP contribution is -2.52. The summed E-state index contributed by atoms with van der Waals surface area (Å²) in [5.74, 6) is -3.32. The molecule has 13 heteroatoms. The molecule has 0 aromatic heterocycles. The van der Waals surface area contributed by atoms with E-state index in [0.717, 1.165) is 4.90 Å². The van der Waals surface area contributed by atoms with Gasteiger partial charge in [-0.2, -0.15) is 0 Å². The van der Waals surface area contributed by atoms with Crippen molar-refractivity contribution in [3.63, 3.8) is 0 Å². The number of anilines is 2. The molecular formula is C30H27ClN4O8. The number of rotatable bonds is 12. The van der Waals surface area contributed by atoms with Crippen LogP contribution in [-0.2, 0) is 30.5 Å². The smallest absolute Gasteiger partial charge is 0.330 e. The van der Waals surface area contributed by atoms with Gasteiger partial charge in [-0.25, -0.2) is 9.69 Å². The molecule has 4 rings (SSSR count). The summed E-state index contributed by atoms with van der Waals surface area (Å²) >= 11 is 6.27. The topological polar surface area (TPSA) is 151 Å². The Labute approximate surface area is 251 Å². The number of urea groups is 1. The number of carbonyl (C=O) groups is 6. The second kappa shape index (κ2) is 13.7. The largest absolute Gasteiger partial charge is 0.497 e. The summed E-state index contributed by atoms with van der Waals surface area (Å²) in [6, 6.07) is 15.8. The summed E-state index contributed by atoms with van der Waals surface area (Å²) in [7, 11) is 1.44. The molecule has 2 unspecified atom stereocenters. The number of amides is 5. The molecule has 2 N–H and O–H groups in total. The van der Waals surface area contributed by atoms with E-state index in [2.05, 4.69) is 10.6 Å². The SMILES string of the molecule is CCOC1C(=O)N(C(C(=O)Nc2cc(NC(=O)C=O)ccc2Cl)C(=O)c2ccc(OC)cc2)C(=O)N1Cc1ccccc1. The number of Topliss-reactive ketones (excluding diaryl/α,β-unsaturated/α-hetero) is 1. The average molecular weight is 607 g/mol. The quantitative estimate of drug-likeness (QED) is 0.104. The molecule has 0 radical (unpaired) electrons. The summed E-state index contributed by atoms with van der Waals surface area (Å²) in [6.45, 7) is 1.69. The lowest BCUT2D eigenvalue weighted by Gasteiger charge is -2.25. The molecule has 0 bridgehead atoms. The predicted molar refractivity (Wildman–Crippen MR) is 156 cm³/mol. The highest BCUT2D eigenvalue weighted by Crippen LogP contribution is 2.29. The first-order chi connectivity index (χ1) is 20.7. The van der Waals surface area contributed by atoms with E-state index in [9.17, 15) is 28.8 Å². The van der Waals surface area contributed by atoms with Gasteiger partial charge in [0, 0.05) is 17.9 Å². The molecule has 0 aliphatic carbocycles.